The molecule has 0 saturated heterocycles. The second kappa shape index (κ2) is 12.6. The Morgan fingerprint density at radius 2 is 1.34 bits per heavy atom. The van der Waals surface area contributed by atoms with Gasteiger partial charge in [-0.25, -0.2) is 22.0 Å². The van der Waals surface area contributed by atoms with Crippen molar-refractivity contribution in [3.8, 4) is 0 Å². The van der Waals surface area contributed by atoms with E-state index in [4.69, 9.17) is 4.43 Å². The van der Waals surface area contributed by atoms with Crippen LogP contribution in [0.5, 0.6) is 0 Å². The maximum Gasteiger partial charge on any atom is 0.225 e. The molecule has 1 aromatic rings. The predicted octanol–water partition coefficient (Wildman–Crippen LogP) is 10.9. The van der Waals surface area contributed by atoms with Crippen LogP contribution in [-0.2, 0) is 4.43 Å². The van der Waals surface area contributed by atoms with Crippen molar-refractivity contribution in [2.24, 2.45) is 58.2 Å². The molecule has 0 radical (unpaired) electrons. The summed E-state index contributed by atoms with van der Waals surface area (Å²) in [5.74, 6) is -3.44. The molecule has 1 aromatic carbocycles. The van der Waals surface area contributed by atoms with Crippen LogP contribution < -0.4 is 5.19 Å². The molecule has 0 heterocycles. The second-order valence-corrected chi connectivity index (χ2v) is 20.6. The Morgan fingerprint density at radius 1 is 0.750 bits per heavy atom. The summed E-state index contributed by atoms with van der Waals surface area (Å²) >= 11 is 0. The maximum atomic E-state index is 14.7. The smallest absolute Gasteiger partial charge is 0.225 e. The number of halogens is 5. The third kappa shape index (κ3) is 5.74. The number of hydrogen-bond acceptors (Lipinski definition) is 1. The number of hydrogen-bond donors (Lipinski definition) is 0. The van der Waals surface area contributed by atoms with Gasteiger partial charge < -0.3 is 4.43 Å². The molecule has 4 aliphatic rings. The van der Waals surface area contributed by atoms with E-state index >= 15 is 0 Å². The van der Waals surface area contributed by atoms with E-state index in [1.807, 2.05) is 0 Å². The van der Waals surface area contributed by atoms with Crippen molar-refractivity contribution in [1.82, 2.24) is 0 Å². The zero-order chi connectivity index (χ0) is 32.4. The van der Waals surface area contributed by atoms with Crippen molar-refractivity contribution in [3.05, 3.63) is 29.1 Å². The normalized spacial score (nSPS) is 37.0. The highest BCUT2D eigenvalue weighted by atomic mass is 28.4. The van der Waals surface area contributed by atoms with Gasteiger partial charge >= 0.3 is 0 Å². The third-order valence-electron chi connectivity index (χ3n) is 14.1. The number of benzene rings is 1. The highest BCUT2D eigenvalue weighted by molar-refractivity contribution is 6.84. The molecular formula is C37H57F5OSi. The van der Waals surface area contributed by atoms with Gasteiger partial charge in [-0.2, -0.15) is 0 Å². The molecule has 0 aliphatic heterocycles. The van der Waals surface area contributed by atoms with E-state index in [1.54, 1.807) is 13.1 Å². The first-order valence-electron chi connectivity index (χ1n) is 17.8. The van der Waals surface area contributed by atoms with Gasteiger partial charge in [0, 0.05) is 11.3 Å². The van der Waals surface area contributed by atoms with Crippen molar-refractivity contribution < 1.29 is 26.4 Å². The Bertz CT molecular complexity index is 1170. The van der Waals surface area contributed by atoms with Gasteiger partial charge in [0.15, 0.2) is 23.3 Å². The fourth-order valence-corrected chi connectivity index (χ4v) is 14.0. The minimum Gasteiger partial charge on any atom is -0.410 e. The van der Waals surface area contributed by atoms with Crippen molar-refractivity contribution in [3.63, 3.8) is 0 Å². The van der Waals surface area contributed by atoms with Gasteiger partial charge in [-0.05, 0) is 135 Å². The molecule has 5 rings (SSSR count). The van der Waals surface area contributed by atoms with Crippen LogP contribution in [0.25, 0.3) is 0 Å². The fraction of sp³-hybridized carbons (Fsp3) is 0.838. The quantitative estimate of drug-likeness (QED) is 0.113. The summed E-state index contributed by atoms with van der Waals surface area (Å²) in [5.41, 5.74) is 0.656. The topological polar surface area (TPSA) is 9.23 Å². The fourth-order valence-electron chi connectivity index (χ4n) is 11.6. The Kier molecular flexibility index (Phi) is 9.83. The third-order valence-corrected chi connectivity index (χ3v) is 16.7. The molecule has 1 nitrogen and oxygen atoms in total. The Hall–Kier alpha value is -0.953. The van der Waals surface area contributed by atoms with Gasteiger partial charge in [-0.3, -0.25) is 0 Å². The molecule has 0 amide bonds. The molecule has 4 fully saturated rings. The summed E-state index contributed by atoms with van der Waals surface area (Å²) in [6.45, 7) is 17.9. The molecular weight excluding hydrogens is 583 g/mol. The standard InChI is InChI=1S/C37H57F5OSi/c1-9-23(21(2)3)11-10-22(4)27-14-15-28-26-13-12-24-20-25(16-18-36(24,5)29(26)17-19-37(27,28)6)43-44(7,8)35-33(41)31(39)30(38)32(40)34(35)42/h21-29H,9-20H2,1-8H3. The number of rotatable bonds is 9. The summed E-state index contributed by atoms with van der Waals surface area (Å²) in [7, 11) is -3.42. The van der Waals surface area contributed by atoms with Crippen LogP contribution >= 0.6 is 0 Å². The first-order valence-corrected chi connectivity index (χ1v) is 20.7. The summed E-state index contributed by atoms with van der Waals surface area (Å²) in [6, 6.07) is 0. The highest BCUT2D eigenvalue weighted by Crippen LogP contribution is 2.68. The molecule has 4 aliphatic carbocycles. The average molecular weight is 641 g/mol. The molecule has 0 spiro atoms. The summed E-state index contributed by atoms with van der Waals surface area (Å²) in [5, 5.41) is -0.739. The minimum absolute atomic E-state index is 0.218. The average Bonchev–Trinajstić information content (AvgIpc) is 3.32. The zero-order valence-corrected chi connectivity index (χ0v) is 29.5. The molecule has 0 N–H and O–H groups in total. The van der Waals surface area contributed by atoms with E-state index in [9.17, 15) is 22.0 Å². The van der Waals surface area contributed by atoms with E-state index in [-0.39, 0.29) is 11.5 Å². The van der Waals surface area contributed by atoms with E-state index in [2.05, 4.69) is 41.5 Å². The molecule has 10 atom stereocenters. The van der Waals surface area contributed by atoms with Gasteiger partial charge in [0.25, 0.3) is 0 Å². The van der Waals surface area contributed by atoms with Gasteiger partial charge in [0.05, 0.1) is 0 Å². The summed E-state index contributed by atoms with van der Waals surface area (Å²) in [6.07, 6.45) is 14.1. The predicted molar refractivity (Wildman–Crippen MR) is 170 cm³/mol. The first-order chi connectivity index (χ1) is 20.6. The molecule has 10 unspecified atom stereocenters. The Morgan fingerprint density at radius 3 is 1.95 bits per heavy atom. The number of fused-ring (bicyclic) bond motifs is 5. The van der Waals surface area contributed by atoms with Gasteiger partial charge in [-0.15, -0.1) is 0 Å². The lowest BCUT2D eigenvalue weighted by atomic mass is 9.44. The van der Waals surface area contributed by atoms with Crippen LogP contribution in [0.2, 0.25) is 13.1 Å². The molecule has 250 valence electrons. The molecule has 7 heteroatoms. The minimum atomic E-state index is -3.42. The SMILES string of the molecule is CCC(CCC(C)C1CCC2C3CCC4CC(O[Si](C)(C)c5c(F)c(F)c(F)c(F)c5F)CCC4(C)C3CCC12C)C(C)C. The van der Waals surface area contributed by atoms with E-state index in [1.165, 1.54) is 51.4 Å². The van der Waals surface area contributed by atoms with Crippen molar-refractivity contribution >= 4 is 13.5 Å². The lowest BCUT2D eigenvalue weighted by Gasteiger charge is -2.61. The van der Waals surface area contributed by atoms with Crippen LogP contribution in [0, 0.1) is 87.3 Å². The first kappa shape index (κ1) is 34.4. The lowest BCUT2D eigenvalue weighted by molar-refractivity contribution is -0.127. The van der Waals surface area contributed by atoms with E-state index in [0.717, 1.165) is 61.2 Å². The monoisotopic (exact) mass is 640 g/mol. The van der Waals surface area contributed by atoms with Crippen LogP contribution in [0.15, 0.2) is 0 Å². The molecule has 44 heavy (non-hydrogen) atoms. The van der Waals surface area contributed by atoms with E-state index < -0.39 is 42.6 Å². The van der Waals surface area contributed by atoms with Crippen molar-refractivity contribution in [2.75, 3.05) is 0 Å². The van der Waals surface area contributed by atoms with Gasteiger partial charge in [0.2, 0.25) is 14.1 Å². The Balaban J connectivity index is 1.26. The zero-order valence-electron chi connectivity index (χ0n) is 28.5. The van der Waals surface area contributed by atoms with Gasteiger partial charge in [0.1, 0.15) is 0 Å². The van der Waals surface area contributed by atoms with E-state index in [0.29, 0.717) is 17.3 Å². The maximum absolute atomic E-state index is 14.7. The largest absolute Gasteiger partial charge is 0.410 e. The van der Waals surface area contributed by atoms with Crippen molar-refractivity contribution in [2.45, 2.75) is 138 Å². The molecule has 0 bridgehead atoms. The molecule has 0 aromatic heterocycles. The van der Waals surface area contributed by atoms with Crippen LogP contribution in [0.3, 0.4) is 0 Å². The van der Waals surface area contributed by atoms with Crippen LogP contribution in [0.1, 0.15) is 119 Å². The second-order valence-electron chi connectivity index (χ2n) is 16.8. The highest BCUT2D eigenvalue weighted by Gasteiger charge is 2.61. The van der Waals surface area contributed by atoms with Gasteiger partial charge in [-0.1, -0.05) is 54.4 Å². The van der Waals surface area contributed by atoms with Crippen molar-refractivity contribution in [1.29, 1.82) is 0 Å². The Labute approximate surface area is 264 Å². The lowest BCUT2D eigenvalue weighted by Crippen LogP contribution is -2.56. The van der Waals surface area contributed by atoms with Crippen LogP contribution in [0.4, 0.5) is 22.0 Å². The molecule has 4 saturated carbocycles. The van der Waals surface area contributed by atoms with Crippen LogP contribution in [-0.4, -0.2) is 14.4 Å². The summed E-state index contributed by atoms with van der Waals surface area (Å²) in [4.78, 5) is 0. The summed E-state index contributed by atoms with van der Waals surface area (Å²) < 4.78 is 77.7.